The highest BCUT2D eigenvalue weighted by Crippen LogP contribution is 2.49. The average molecular weight is 346 g/mol. The van der Waals surface area contributed by atoms with Gasteiger partial charge in [0.05, 0.1) is 12.7 Å². The van der Waals surface area contributed by atoms with E-state index in [2.05, 4.69) is 0 Å². The first-order valence-electron chi connectivity index (χ1n) is 6.55. The molecule has 0 radical (unpaired) electrons. The lowest BCUT2D eigenvalue weighted by Crippen LogP contribution is -2.46. The number of alkyl halides is 3. The van der Waals surface area contributed by atoms with Crippen molar-refractivity contribution in [1.29, 1.82) is 0 Å². The molecule has 1 N–H and O–H groups in total. The molecule has 0 heterocycles. The molecule has 3 nitrogen and oxygen atoms in total. The van der Waals surface area contributed by atoms with Crippen LogP contribution in [0.15, 0.2) is 42.5 Å². The molecule has 128 valence electrons. The quantitative estimate of drug-likeness (QED) is 0.832. The number of hydrogen-bond donors (Lipinski definition) is 1. The molecular weight excluding hydrogens is 335 g/mol. The highest BCUT2D eigenvalue weighted by atomic mass is 19.3. The van der Waals surface area contributed by atoms with Gasteiger partial charge in [0.2, 0.25) is 0 Å². The van der Waals surface area contributed by atoms with Gasteiger partial charge in [-0.15, -0.1) is 0 Å². The van der Waals surface area contributed by atoms with Gasteiger partial charge in [0.25, 0.3) is 5.67 Å². The van der Waals surface area contributed by atoms with Crippen LogP contribution in [0.25, 0.3) is 0 Å². The Kier molecular flexibility index (Phi) is 4.50. The molecule has 0 aliphatic heterocycles. The van der Waals surface area contributed by atoms with E-state index in [1.54, 1.807) is 0 Å². The van der Waals surface area contributed by atoms with Crippen LogP contribution in [-0.4, -0.2) is 18.2 Å². The summed E-state index contributed by atoms with van der Waals surface area (Å²) < 4.78 is 75.8. The lowest BCUT2D eigenvalue weighted by molar-refractivity contribution is -0.192. The smallest absolute Gasteiger partial charge is 0.353 e. The second-order valence-electron chi connectivity index (χ2n) is 4.87. The summed E-state index contributed by atoms with van der Waals surface area (Å²) in [6.45, 7) is 0. The Hall–Kier alpha value is -2.64. The van der Waals surface area contributed by atoms with Crippen LogP contribution in [0.3, 0.4) is 0 Å². The van der Waals surface area contributed by atoms with Gasteiger partial charge >= 0.3 is 11.9 Å². The maximum absolute atomic E-state index is 15.0. The van der Waals surface area contributed by atoms with Crippen LogP contribution in [-0.2, 0) is 16.4 Å². The minimum absolute atomic E-state index is 0.173. The fourth-order valence-electron chi connectivity index (χ4n) is 2.19. The highest BCUT2D eigenvalue weighted by molar-refractivity contribution is 5.81. The summed E-state index contributed by atoms with van der Waals surface area (Å²) in [6.07, 6.45) is 0. The number of benzene rings is 2. The van der Waals surface area contributed by atoms with Crippen molar-refractivity contribution in [2.75, 3.05) is 7.11 Å². The van der Waals surface area contributed by atoms with Crippen molar-refractivity contribution in [2.24, 2.45) is 0 Å². The summed E-state index contributed by atoms with van der Waals surface area (Å²) in [5.74, 6) is -10.9. The van der Waals surface area contributed by atoms with E-state index in [-0.39, 0.29) is 5.75 Å². The SMILES string of the molecule is COc1ccc(C(F)(C(=O)O)C(F)(F)c2cccc(F)c2F)cc1. The fourth-order valence-corrected chi connectivity index (χ4v) is 2.19. The predicted octanol–water partition coefficient (Wildman–Crippen LogP) is 4.01. The third-order valence-electron chi connectivity index (χ3n) is 3.51. The largest absolute Gasteiger partial charge is 0.497 e. The molecule has 0 saturated carbocycles. The molecule has 24 heavy (non-hydrogen) atoms. The second kappa shape index (κ2) is 6.10. The van der Waals surface area contributed by atoms with E-state index in [9.17, 15) is 26.7 Å². The van der Waals surface area contributed by atoms with Crippen molar-refractivity contribution in [3.63, 3.8) is 0 Å². The molecule has 0 bridgehead atoms. The number of halogens is 5. The molecule has 8 heteroatoms. The van der Waals surface area contributed by atoms with E-state index in [0.29, 0.717) is 12.1 Å². The van der Waals surface area contributed by atoms with Gasteiger partial charge in [-0.1, -0.05) is 18.2 Å². The first-order valence-corrected chi connectivity index (χ1v) is 6.55. The Labute approximate surface area is 133 Å². The zero-order chi connectivity index (χ0) is 18.1. The van der Waals surface area contributed by atoms with Crippen LogP contribution in [0, 0.1) is 11.6 Å². The van der Waals surface area contributed by atoms with E-state index >= 15 is 0 Å². The van der Waals surface area contributed by atoms with Gasteiger partial charge in [0, 0.05) is 5.56 Å². The Bertz CT molecular complexity index is 761. The van der Waals surface area contributed by atoms with Crippen molar-refractivity contribution < 1.29 is 36.6 Å². The van der Waals surface area contributed by atoms with Crippen LogP contribution in [0.4, 0.5) is 22.0 Å². The van der Waals surface area contributed by atoms with Gasteiger partial charge in [-0.3, -0.25) is 0 Å². The summed E-state index contributed by atoms with van der Waals surface area (Å²) >= 11 is 0. The number of methoxy groups -OCH3 is 1. The van der Waals surface area contributed by atoms with E-state index in [1.807, 2.05) is 0 Å². The summed E-state index contributed by atoms with van der Waals surface area (Å²) in [7, 11) is 1.27. The zero-order valence-corrected chi connectivity index (χ0v) is 12.2. The lowest BCUT2D eigenvalue weighted by Gasteiger charge is -2.30. The van der Waals surface area contributed by atoms with Crippen LogP contribution < -0.4 is 4.74 Å². The minimum Gasteiger partial charge on any atom is -0.497 e. The maximum Gasteiger partial charge on any atom is 0.353 e. The van der Waals surface area contributed by atoms with Gasteiger partial charge in [-0.2, -0.15) is 8.78 Å². The third-order valence-corrected chi connectivity index (χ3v) is 3.51. The zero-order valence-electron chi connectivity index (χ0n) is 12.2. The minimum atomic E-state index is -4.88. The molecule has 2 aromatic carbocycles. The molecular formula is C16H11F5O3. The maximum atomic E-state index is 15.0. The number of rotatable bonds is 5. The molecule has 0 aliphatic carbocycles. The molecule has 0 aromatic heterocycles. The van der Waals surface area contributed by atoms with Crippen molar-refractivity contribution in [3.8, 4) is 5.75 Å². The Balaban J connectivity index is 2.67. The summed E-state index contributed by atoms with van der Waals surface area (Å²) in [4.78, 5) is 11.3. The number of hydrogen-bond acceptors (Lipinski definition) is 2. The van der Waals surface area contributed by atoms with Crippen LogP contribution in [0.2, 0.25) is 0 Å². The first kappa shape index (κ1) is 17.7. The van der Waals surface area contributed by atoms with Gasteiger partial charge in [-0.25, -0.2) is 18.0 Å². The molecule has 1 atom stereocenters. The van der Waals surface area contributed by atoms with Crippen LogP contribution >= 0.6 is 0 Å². The molecule has 0 aliphatic rings. The van der Waals surface area contributed by atoms with E-state index in [1.165, 1.54) is 7.11 Å². The van der Waals surface area contributed by atoms with Crippen LogP contribution in [0.1, 0.15) is 11.1 Å². The normalized spacial score (nSPS) is 14.1. The van der Waals surface area contributed by atoms with E-state index in [4.69, 9.17) is 9.84 Å². The van der Waals surface area contributed by atoms with Crippen LogP contribution in [0.5, 0.6) is 5.75 Å². The summed E-state index contributed by atoms with van der Waals surface area (Å²) in [5.41, 5.74) is -6.94. The van der Waals surface area contributed by atoms with Crippen molar-refractivity contribution in [3.05, 3.63) is 65.2 Å². The van der Waals surface area contributed by atoms with Gasteiger partial charge in [0.15, 0.2) is 11.6 Å². The van der Waals surface area contributed by atoms with Gasteiger partial charge in [0.1, 0.15) is 5.75 Å². The molecule has 2 rings (SSSR count). The first-order chi connectivity index (χ1) is 11.2. The second-order valence-corrected chi connectivity index (χ2v) is 4.87. The fraction of sp³-hybridized carbons (Fsp3) is 0.188. The topological polar surface area (TPSA) is 46.5 Å². The van der Waals surface area contributed by atoms with E-state index < -0.39 is 40.3 Å². The Morgan fingerprint density at radius 1 is 1.04 bits per heavy atom. The molecule has 0 saturated heterocycles. The van der Waals surface area contributed by atoms with E-state index in [0.717, 1.165) is 30.3 Å². The third kappa shape index (κ3) is 2.57. The number of carbonyl (C=O) groups is 1. The molecule has 2 aromatic rings. The molecule has 1 unspecified atom stereocenters. The van der Waals surface area contributed by atoms with Gasteiger partial charge in [-0.05, 0) is 24.3 Å². The predicted molar refractivity (Wildman–Crippen MR) is 73.7 cm³/mol. The number of ether oxygens (including phenoxy) is 1. The Morgan fingerprint density at radius 3 is 2.12 bits per heavy atom. The standard InChI is InChI=1S/C16H11F5O3/c1-24-10-7-5-9(6-8-10)15(19,14(22)23)16(20,21)11-3-2-4-12(17)13(11)18/h2-8H,1H3,(H,22,23). The van der Waals surface area contributed by atoms with Crippen molar-refractivity contribution >= 4 is 5.97 Å². The molecule has 0 amide bonds. The van der Waals surface area contributed by atoms with Crippen molar-refractivity contribution in [2.45, 2.75) is 11.6 Å². The monoisotopic (exact) mass is 346 g/mol. The number of carboxylic acids is 1. The summed E-state index contributed by atoms with van der Waals surface area (Å²) in [5, 5.41) is 9.07. The molecule has 0 fully saturated rings. The average Bonchev–Trinajstić information content (AvgIpc) is 2.56. The Morgan fingerprint density at radius 2 is 1.62 bits per heavy atom. The highest BCUT2D eigenvalue weighted by Gasteiger charge is 2.64. The molecule has 0 spiro atoms. The number of carboxylic acid groups (broad SMARTS) is 1. The lowest BCUT2D eigenvalue weighted by atomic mass is 9.84. The van der Waals surface area contributed by atoms with Gasteiger partial charge < -0.3 is 9.84 Å². The number of aliphatic carboxylic acids is 1. The van der Waals surface area contributed by atoms with Crippen molar-refractivity contribution in [1.82, 2.24) is 0 Å². The summed E-state index contributed by atoms with van der Waals surface area (Å²) in [6, 6.07) is 5.42.